The highest BCUT2D eigenvalue weighted by molar-refractivity contribution is 5.41. The van der Waals surface area contributed by atoms with Crippen LogP contribution in [0.15, 0.2) is 18.2 Å². The minimum absolute atomic E-state index is 0.00372. The molecule has 0 spiro atoms. The first kappa shape index (κ1) is 11.5. The van der Waals surface area contributed by atoms with Gasteiger partial charge in [-0.3, -0.25) is 0 Å². The molecule has 1 heterocycles. The molecule has 0 N–H and O–H groups in total. The number of ether oxygens (including phenoxy) is 1. The summed E-state index contributed by atoms with van der Waals surface area (Å²) in [5.41, 5.74) is 2.99. The molecule has 1 aliphatic heterocycles. The molecule has 1 aliphatic rings. The molecule has 0 saturated heterocycles. The zero-order valence-electron chi connectivity index (χ0n) is 11.1. The van der Waals surface area contributed by atoms with E-state index in [1.54, 1.807) is 0 Å². The first-order chi connectivity index (χ1) is 7.28. The largest absolute Gasteiger partial charge is 0.488 e. The minimum Gasteiger partial charge on any atom is -0.488 e. The van der Waals surface area contributed by atoms with E-state index in [2.05, 4.69) is 52.8 Å². The molecule has 0 fully saturated rings. The minimum atomic E-state index is -0.00372. The second-order valence-corrected chi connectivity index (χ2v) is 6.43. The van der Waals surface area contributed by atoms with Crippen LogP contribution in [-0.2, 0) is 11.8 Å². The third-order valence-corrected chi connectivity index (χ3v) is 3.31. The van der Waals surface area contributed by atoms with Crippen LogP contribution < -0.4 is 4.74 Å². The van der Waals surface area contributed by atoms with Crippen molar-refractivity contribution in [3.8, 4) is 5.75 Å². The van der Waals surface area contributed by atoms with Crippen LogP contribution in [0.5, 0.6) is 5.75 Å². The van der Waals surface area contributed by atoms with Gasteiger partial charge in [0.15, 0.2) is 0 Å². The van der Waals surface area contributed by atoms with E-state index in [9.17, 15) is 0 Å². The molecule has 0 aromatic heterocycles. The number of rotatable bonds is 0. The van der Waals surface area contributed by atoms with Gasteiger partial charge in [0.05, 0.1) is 0 Å². The van der Waals surface area contributed by atoms with Gasteiger partial charge in [-0.25, -0.2) is 0 Å². The van der Waals surface area contributed by atoms with Crippen molar-refractivity contribution in [3.63, 3.8) is 0 Å². The molecule has 1 aromatic carbocycles. The SMILES string of the molecule is CC1(C)CCc2cc(C(C)(C)C)ccc2O1. The average Bonchev–Trinajstić information content (AvgIpc) is 2.14. The molecule has 0 aliphatic carbocycles. The summed E-state index contributed by atoms with van der Waals surface area (Å²) in [6.07, 6.45) is 2.24. The second-order valence-electron chi connectivity index (χ2n) is 6.43. The van der Waals surface area contributed by atoms with Crippen molar-refractivity contribution in [1.82, 2.24) is 0 Å². The van der Waals surface area contributed by atoms with Crippen molar-refractivity contribution in [2.45, 2.75) is 58.5 Å². The Morgan fingerprint density at radius 3 is 2.50 bits per heavy atom. The Morgan fingerprint density at radius 2 is 1.88 bits per heavy atom. The summed E-state index contributed by atoms with van der Waals surface area (Å²) < 4.78 is 5.99. The van der Waals surface area contributed by atoms with Crippen LogP contribution in [0.2, 0.25) is 0 Å². The summed E-state index contributed by atoms with van der Waals surface area (Å²) in [4.78, 5) is 0. The van der Waals surface area contributed by atoms with Crippen LogP contribution in [0.1, 0.15) is 52.2 Å². The van der Waals surface area contributed by atoms with Crippen LogP contribution in [0.25, 0.3) is 0 Å². The van der Waals surface area contributed by atoms with Crippen LogP contribution in [0.4, 0.5) is 0 Å². The Labute approximate surface area is 98.8 Å². The highest BCUT2D eigenvalue weighted by Gasteiger charge is 2.27. The van der Waals surface area contributed by atoms with Crippen molar-refractivity contribution < 1.29 is 4.74 Å². The standard InChI is InChI=1S/C15H22O/c1-14(2,3)12-6-7-13-11(10-12)8-9-15(4,5)16-13/h6-7,10H,8-9H2,1-5H3. The van der Waals surface area contributed by atoms with Crippen molar-refractivity contribution in [3.05, 3.63) is 29.3 Å². The van der Waals surface area contributed by atoms with Gasteiger partial charge in [0.25, 0.3) is 0 Å². The molecule has 1 aromatic rings. The average molecular weight is 218 g/mol. The summed E-state index contributed by atoms with van der Waals surface area (Å²) in [6.45, 7) is 11.1. The predicted molar refractivity (Wildman–Crippen MR) is 68.2 cm³/mol. The quantitative estimate of drug-likeness (QED) is 0.637. The number of benzene rings is 1. The fourth-order valence-corrected chi connectivity index (χ4v) is 2.13. The van der Waals surface area contributed by atoms with Gasteiger partial charge >= 0.3 is 0 Å². The molecule has 0 unspecified atom stereocenters. The summed E-state index contributed by atoms with van der Waals surface area (Å²) in [5, 5.41) is 0. The van der Waals surface area contributed by atoms with Gasteiger partial charge in [0.1, 0.15) is 11.4 Å². The van der Waals surface area contributed by atoms with E-state index in [1.165, 1.54) is 11.1 Å². The highest BCUT2D eigenvalue weighted by atomic mass is 16.5. The van der Waals surface area contributed by atoms with Crippen molar-refractivity contribution in [1.29, 1.82) is 0 Å². The molecule has 16 heavy (non-hydrogen) atoms. The number of hydrogen-bond acceptors (Lipinski definition) is 1. The Balaban J connectivity index is 2.36. The van der Waals surface area contributed by atoms with Crippen molar-refractivity contribution in [2.24, 2.45) is 0 Å². The molecule has 1 nitrogen and oxygen atoms in total. The number of hydrogen-bond donors (Lipinski definition) is 0. The molecule has 1 heteroatoms. The maximum Gasteiger partial charge on any atom is 0.123 e. The van der Waals surface area contributed by atoms with Crippen LogP contribution in [-0.4, -0.2) is 5.60 Å². The van der Waals surface area contributed by atoms with Gasteiger partial charge in [-0.05, 0) is 49.3 Å². The maximum atomic E-state index is 5.99. The topological polar surface area (TPSA) is 9.23 Å². The molecular formula is C15H22O. The smallest absolute Gasteiger partial charge is 0.123 e. The number of fused-ring (bicyclic) bond motifs is 1. The van der Waals surface area contributed by atoms with Gasteiger partial charge in [-0.15, -0.1) is 0 Å². The van der Waals surface area contributed by atoms with Gasteiger partial charge in [-0.1, -0.05) is 32.9 Å². The lowest BCUT2D eigenvalue weighted by Crippen LogP contribution is -2.32. The molecule has 0 saturated carbocycles. The molecule has 0 bridgehead atoms. The number of aryl methyl sites for hydroxylation is 1. The lowest BCUT2D eigenvalue weighted by Gasteiger charge is -2.33. The van der Waals surface area contributed by atoms with E-state index < -0.39 is 0 Å². The third-order valence-electron chi connectivity index (χ3n) is 3.31. The first-order valence-corrected chi connectivity index (χ1v) is 6.10. The fraction of sp³-hybridized carbons (Fsp3) is 0.600. The van der Waals surface area contributed by atoms with Gasteiger partial charge in [-0.2, -0.15) is 0 Å². The zero-order chi connectivity index (χ0) is 12.0. The summed E-state index contributed by atoms with van der Waals surface area (Å²) >= 11 is 0. The van der Waals surface area contributed by atoms with Crippen molar-refractivity contribution >= 4 is 0 Å². The van der Waals surface area contributed by atoms with E-state index in [-0.39, 0.29) is 11.0 Å². The lowest BCUT2D eigenvalue weighted by atomic mass is 9.84. The van der Waals surface area contributed by atoms with E-state index in [0.717, 1.165) is 18.6 Å². The van der Waals surface area contributed by atoms with E-state index in [0.29, 0.717) is 0 Å². The Kier molecular flexibility index (Phi) is 2.52. The zero-order valence-corrected chi connectivity index (χ0v) is 11.1. The lowest BCUT2D eigenvalue weighted by molar-refractivity contribution is 0.0846. The van der Waals surface area contributed by atoms with E-state index in [1.807, 2.05) is 0 Å². The van der Waals surface area contributed by atoms with Crippen molar-refractivity contribution in [2.75, 3.05) is 0 Å². The van der Waals surface area contributed by atoms with Crippen LogP contribution in [0, 0.1) is 0 Å². The summed E-state index contributed by atoms with van der Waals surface area (Å²) in [7, 11) is 0. The van der Waals surface area contributed by atoms with Gasteiger partial charge in [0.2, 0.25) is 0 Å². The Morgan fingerprint density at radius 1 is 1.19 bits per heavy atom. The van der Waals surface area contributed by atoms with Gasteiger partial charge in [0, 0.05) is 0 Å². The predicted octanol–water partition coefficient (Wildman–Crippen LogP) is 4.09. The maximum absolute atomic E-state index is 5.99. The molecule has 0 radical (unpaired) electrons. The van der Waals surface area contributed by atoms with Crippen LogP contribution in [0.3, 0.4) is 0 Å². The van der Waals surface area contributed by atoms with Gasteiger partial charge < -0.3 is 4.74 Å². The highest BCUT2D eigenvalue weighted by Crippen LogP contribution is 2.35. The first-order valence-electron chi connectivity index (χ1n) is 6.10. The fourth-order valence-electron chi connectivity index (χ4n) is 2.13. The normalized spacial score (nSPS) is 18.8. The third kappa shape index (κ3) is 2.23. The monoisotopic (exact) mass is 218 g/mol. The van der Waals surface area contributed by atoms with E-state index >= 15 is 0 Å². The molecule has 2 rings (SSSR count). The summed E-state index contributed by atoms with van der Waals surface area (Å²) in [6, 6.07) is 6.64. The van der Waals surface area contributed by atoms with E-state index in [4.69, 9.17) is 4.74 Å². The van der Waals surface area contributed by atoms with Crippen LogP contribution >= 0.6 is 0 Å². The Hall–Kier alpha value is -0.980. The Bertz CT molecular complexity index is 396. The second kappa shape index (κ2) is 3.51. The molecular weight excluding hydrogens is 196 g/mol. The molecule has 0 atom stereocenters. The molecule has 88 valence electrons. The summed E-state index contributed by atoms with van der Waals surface area (Å²) in [5.74, 6) is 1.07. The molecule has 0 amide bonds.